The van der Waals surface area contributed by atoms with Crippen LogP contribution in [0.15, 0.2) is 33.7 Å². The average Bonchev–Trinajstić information content (AvgIpc) is 2.77. The molecule has 0 aliphatic heterocycles. The van der Waals surface area contributed by atoms with E-state index in [0.717, 1.165) is 4.68 Å². The van der Waals surface area contributed by atoms with Gasteiger partial charge in [-0.05, 0) is 23.8 Å². The van der Waals surface area contributed by atoms with Gasteiger partial charge in [-0.1, -0.05) is 15.9 Å². The lowest BCUT2D eigenvalue weighted by atomic mass is 10.0. The summed E-state index contributed by atoms with van der Waals surface area (Å²) in [5.74, 6) is -1.49. The summed E-state index contributed by atoms with van der Waals surface area (Å²) in [6.07, 6.45) is -2.98. The zero-order valence-electron chi connectivity index (χ0n) is 11.9. The SMILES string of the molecule is Cn1[nH]cc(C(=O)c2ccc(Br)cc2CSCC(F)(F)F)c1=O. The molecule has 0 saturated heterocycles. The van der Waals surface area contributed by atoms with Crippen LogP contribution < -0.4 is 5.56 Å². The summed E-state index contributed by atoms with van der Waals surface area (Å²) in [6.45, 7) is 0. The van der Waals surface area contributed by atoms with Crippen molar-refractivity contribution in [1.82, 2.24) is 9.78 Å². The number of carbonyl (C=O) groups is 1. The topological polar surface area (TPSA) is 54.9 Å². The number of nitrogens with one attached hydrogen (secondary N) is 1. The monoisotopic (exact) mass is 408 g/mol. The molecule has 1 N–H and O–H groups in total. The van der Waals surface area contributed by atoms with Gasteiger partial charge in [0, 0.05) is 29.0 Å². The second-order valence-electron chi connectivity index (χ2n) is 4.79. The van der Waals surface area contributed by atoms with E-state index in [1.165, 1.54) is 19.3 Å². The molecule has 0 unspecified atom stereocenters. The Labute approximate surface area is 142 Å². The molecular weight excluding hydrogens is 397 g/mol. The first-order chi connectivity index (χ1) is 10.7. The van der Waals surface area contributed by atoms with Crippen molar-refractivity contribution in [2.45, 2.75) is 11.9 Å². The van der Waals surface area contributed by atoms with Crippen LogP contribution in [0.25, 0.3) is 0 Å². The number of H-pyrrole nitrogens is 1. The third kappa shape index (κ3) is 4.51. The van der Waals surface area contributed by atoms with E-state index < -0.39 is 23.3 Å². The second-order valence-corrected chi connectivity index (χ2v) is 6.69. The largest absolute Gasteiger partial charge is 0.397 e. The van der Waals surface area contributed by atoms with Crippen LogP contribution in [0.2, 0.25) is 0 Å². The maximum Gasteiger partial charge on any atom is 0.397 e. The van der Waals surface area contributed by atoms with Crippen LogP contribution in [-0.4, -0.2) is 27.5 Å². The van der Waals surface area contributed by atoms with Crippen molar-refractivity contribution < 1.29 is 18.0 Å². The molecule has 9 heteroatoms. The van der Waals surface area contributed by atoms with E-state index in [-0.39, 0.29) is 16.9 Å². The Kier molecular flexibility index (Phi) is 5.41. The van der Waals surface area contributed by atoms with Crippen LogP contribution in [0.3, 0.4) is 0 Å². The summed E-state index contributed by atoms with van der Waals surface area (Å²) in [6, 6.07) is 4.71. The van der Waals surface area contributed by atoms with E-state index in [0.29, 0.717) is 21.8 Å². The smallest absolute Gasteiger partial charge is 0.302 e. The Morgan fingerprint density at radius 2 is 2.04 bits per heavy atom. The second kappa shape index (κ2) is 6.96. The van der Waals surface area contributed by atoms with Crippen molar-refractivity contribution in [2.24, 2.45) is 7.05 Å². The number of hydrogen-bond acceptors (Lipinski definition) is 3. The Morgan fingerprint density at radius 3 is 2.61 bits per heavy atom. The van der Waals surface area contributed by atoms with Gasteiger partial charge in [0.1, 0.15) is 5.56 Å². The van der Waals surface area contributed by atoms with Gasteiger partial charge in [-0.25, -0.2) is 0 Å². The Morgan fingerprint density at radius 1 is 1.35 bits per heavy atom. The van der Waals surface area contributed by atoms with E-state index >= 15 is 0 Å². The zero-order valence-corrected chi connectivity index (χ0v) is 14.3. The molecule has 0 spiro atoms. The number of aryl methyl sites for hydroxylation is 1. The van der Waals surface area contributed by atoms with E-state index in [1.807, 2.05) is 0 Å². The maximum absolute atomic E-state index is 12.5. The molecule has 0 fully saturated rings. The van der Waals surface area contributed by atoms with Crippen LogP contribution in [0.1, 0.15) is 21.5 Å². The highest BCUT2D eigenvalue weighted by molar-refractivity contribution is 9.10. The molecule has 0 aliphatic carbocycles. The average molecular weight is 409 g/mol. The normalized spacial score (nSPS) is 11.7. The predicted molar refractivity (Wildman–Crippen MR) is 85.8 cm³/mol. The highest BCUT2D eigenvalue weighted by Crippen LogP contribution is 2.27. The van der Waals surface area contributed by atoms with Crippen LogP contribution in [-0.2, 0) is 12.8 Å². The molecule has 124 valence electrons. The summed E-state index contributed by atoms with van der Waals surface area (Å²) >= 11 is 3.91. The Hall–Kier alpha value is -1.48. The number of rotatable bonds is 5. The molecule has 4 nitrogen and oxygen atoms in total. The number of aromatic amines is 1. The number of alkyl halides is 3. The molecule has 0 aliphatic rings. The number of hydrogen-bond donors (Lipinski definition) is 1. The Bertz CT molecular complexity index is 783. The third-order valence-corrected chi connectivity index (χ3v) is 4.56. The lowest BCUT2D eigenvalue weighted by molar-refractivity contribution is -0.105. The molecule has 0 amide bonds. The summed E-state index contributed by atoms with van der Waals surface area (Å²) in [5.41, 5.74) is 0.144. The molecule has 23 heavy (non-hydrogen) atoms. The number of benzene rings is 1. The lowest BCUT2D eigenvalue weighted by Gasteiger charge is -2.10. The van der Waals surface area contributed by atoms with Crippen LogP contribution in [0, 0.1) is 0 Å². The van der Waals surface area contributed by atoms with Gasteiger partial charge in [0.25, 0.3) is 5.56 Å². The van der Waals surface area contributed by atoms with Crippen molar-refractivity contribution in [1.29, 1.82) is 0 Å². The van der Waals surface area contributed by atoms with E-state index in [4.69, 9.17) is 0 Å². The first-order valence-electron chi connectivity index (χ1n) is 6.41. The molecule has 2 rings (SSSR count). The number of nitrogens with zero attached hydrogens (tertiary/aromatic N) is 1. The van der Waals surface area contributed by atoms with Gasteiger partial charge in [-0.2, -0.15) is 13.2 Å². The van der Waals surface area contributed by atoms with Crippen LogP contribution in [0.5, 0.6) is 0 Å². The van der Waals surface area contributed by atoms with Gasteiger partial charge in [-0.3, -0.25) is 14.3 Å². The third-order valence-electron chi connectivity index (χ3n) is 3.02. The number of thioether (sulfide) groups is 1. The molecule has 0 bridgehead atoms. The summed E-state index contributed by atoms with van der Waals surface area (Å²) in [4.78, 5) is 24.3. The number of aromatic nitrogens is 2. The fourth-order valence-electron chi connectivity index (χ4n) is 1.95. The summed E-state index contributed by atoms with van der Waals surface area (Å²) in [5, 5.41) is 2.60. The van der Waals surface area contributed by atoms with Gasteiger partial charge in [0.05, 0.1) is 5.75 Å². The summed E-state index contributed by atoms with van der Waals surface area (Å²) in [7, 11) is 1.47. The molecule has 0 radical (unpaired) electrons. The van der Waals surface area contributed by atoms with Crippen LogP contribution in [0.4, 0.5) is 13.2 Å². The van der Waals surface area contributed by atoms with E-state index in [9.17, 15) is 22.8 Å². The van der Waals surface area contributed by atoms with E-state index in [1.54, 1.807) is 12.1 Å². The highest BCUT2D eigenvalue weighted by Gasteiger charge is 2.27. The zero-order chi connectivity index (χ0) is 17.2. The van der Waals surface area contributed by atoms with Crippen LogP contribution >= 0.6 is 27.7 Å². The number of carbonyl (C=O) groups excluding carboxylic acids is 1. The maximum atomic E-state index is 12.5. The highest BCUT2D eigenvalue weighted by atomic mass is 79.9. The minimum absolute atomic E-state index is 0.0186. The molecule has 1 aromatic heterocycles. The van der Waals surface area contributed by atoms with Gasteiger partial charge < -0.3 is 5.10 Å². The first-order valence-corrected chi connectivity index (χ1v) is 8.36. The fourth-order valence-corrected chi connectivity index (χ4v) is 3.15. The van der Waals surface area contributed by atoms with Crippen molar-refractivity contribution in [3.05, 3.63) is 55.9 Å². The quantitative estimate of drug-likeness (QED) is 0.770. The van der Waals surface area contributed by atoms with Crippen molar-refractivity contribution in [3.63, 3.8) is 0 Å². The van der Waals surface area contributed by atoms with Gasteiger partial charge >= 0.3 is 6.18 Å². The summed E-state index contributed by atoms with van der Waals surface area (Å²) < 4.78 is 38.6. The molecule has 1 aromatic carbocycles. The van der Waals surface area contributed by atoms with Crippen molar-refractivity contribution in [3.8, 4) is 0 Å². The lowest BCUT2D eigenvalue weighted by Crippen LogP contribution is -2.20. The molecule has 1 heterocycles. The van der Waals surface area contributed by atoms with Crippen molar-refractivity contribution >= 4 is 33.5 Å². The van der Waals surface area contributed by atoms with Gasteiger partial charge in [-0.15, -0.1) is 11.8 Å². The minimum atomic E-state index is -4.27. The van der Waals surface area contributed by atoms with Gasteiger partial charge in [0.2, 0.25) is 0 Å². The number of halogens is 4. The molecule has 2 aromatic rings. The first kappa shape index (κ1) is 17.9. The van der Waals surface area contributed by atoms with E-state index in [2.05, 4.69) is 21.0 Å². The fraction of sp³-hybridized carbons (Fsp3) is 0.286. The molecular formula is C14H12BrF3N2O2S. The molecule has 0 atom stereocenters. The van der Waals surface area contributed by atoms with Gasteiger partial charge in [0.15, 0.2) is 5.78 Å². The standard InChI is InChI=1S/C14H12BrF3N2O2S/c1-20-13(22)11(5-19-20)12(21)10-3-2-9(15)4-8(10)6-23-7-14(16,17)18/h2-5,19H,6-7H2,1H3. The Balaban J connectivity index is 2.29. The van der Waals surface area contributed by atoms with Crippen molar-refractivity contribution in [2.75, 3.05) is 5.75 Å². The number of ketones is 1. The minimum Gasteiger partial charge on any atom is -0.302 e. The predicted octanol–water partition coefficient (Wildman–Crippen LogP) is 3.50. The molecule has 0 saturated carbocycles.